The van der Waals surface area contributed by atoms with Crippen LogP contribution in [-0.2, 0) is 12.8 Å². The van der Waals surface area contributed by atoms with E-state index >= 15 is 0 Å². The molecule has 18 heavy (non-hydrogen) atoms. The molecule has 1 fully saturated rings. The molecule has 0 amide bonds. The molecular weight excluding hydrogens is 226 g/mol. The second kappa shape index (κ2) is 5.22. The highest BCUT2D eigenvalue weighted by atomic mass is 16.5. The number of fused-ring (bicyclic) bond motifs is 1. The van der Waals surface area contributed by atoms with Crippen molar-refractivity contribution in [1.29, 1.82) is 0 Å². The van der Waals surface area contributed by atoms with Crippen LogP contribution >= 0.6 is 0 Å². The molecule has 0 aliphatic heterocycles. The SMILES string of the molecule is NCC1CC(Oc2ncnc3c2CCCCC3)C1. The summed E-state index contributed by atoms with van der Waals surface area (Å²) in [4.78, 5) is 8.75. The van der Waals surface area contributed by atoms with Gasteiger partial charge in [-0.25, -0.2) is 9.97 Å². The number of hydrogen-bond acceptors (Lipinski definition) is 4. The summed E-state index contributed by atoms with van der Waals surface area (Å²) < 4.78 is 6.03. The fraction of sp³-hybridized carbons (Fsp3) is 0.714. The van der Waals surface area contributed by atoms with Crippen LogP contribution in [0.3, 0.4) is 0 Å². The van der Waals surface area contributed by atoms with Gasteiger partial charge in [0.25, 0.3) is 0 Å². The molecule has 2 N–H and O–H groups in total. The van der Waals surface area contributed by atoms with Crippen LogP contribution in [0, 0.1) is 5.92 Å². The van der Waals surface area contributed by atoms with Crippen molar-refractivity contribution in [1.82, 2.24) is 9.97 Å². The summed E-state index contributed by atoms with van der Waals surface area (Å²) in [5, 5.41) is 0. The van der Waals surface area contributed by atoms with Crippen LogP contribution < -0.4 is 10.5 Å². The van der Waals surface area contributed by atoms with Crippen molar-refractivity contribution < 1.29 is 4.74 Å². The van der Waals surface area contributed by atoms with Gasteiger partial charge in [0.15, 0.2) is 0 Å². The first-order valence-electron chi connectivity index (χ1n) is 7.06. The third kappa shape index (κ3) is 2.34. The van der Waals surface area contributed by atoms with E-state index in [1.165, 1.54) is 30.5 Å². The van der Waals surface area contributed by atoms with Crippen molar-refractivity contribution in [3.8, 4) is 5.88 Å². The van der Waals surface area contributed by atoms with Gasteiger partial charge in [-0.1, -0.05) is 6.42 Å². The summed E-state index contributed by atoms with van der Waals surface area (Å²) >= 11 is 0. The lowest BCUT2D eigenvalue weighted by molar-refractivity contribution is 0.0636. The van der Waals surface area contributed by atoms with Crippen LogP contribution in [0.15, 0.2) is 6.33 Å². The van der Waals surface area contributed by atoms with Crippen molar-refractivity contribution in [3.63, 3.8) is 0 Å². The molecule has 0 unspecified atom stereocenters. The average molecular weight is 247 g/mol. The third-order valence-electron chi connectivity index (χ3n) is 4.14. The molecule has 4 heteroatoms. The van der Waals surface area contributed by atoms with E-state index in [-0.39, 0.29) is 0 Å². The van der Waals surface area contributed by atoms with Crippen LogP contribution in [-0.4, -0.2) is 22.6 Å². The Balaban J connectivity index is 1.72. The van der Waals surface area contributed by atoms with Crippen molar-refractivity contribution in [2.24, 2.45) is 11.7 Å². The minimum atomic E-state index is 0.320. The number of ether oxygens (including phenoxy) is 1. The number of rotatable bonds is 3. The summed E-state index contributed by atoms with van der Waals surface area (Å²) in [6.45, 7) is 0.780. The predicted molar refractivity (Wildman–Crippen MR) is 69.5 cm³/mol. The Bertz CT molecular complexity index is 416. The molecule has 2 aliphatic rings. The molecule has 1 aromatic rings. The number of aromatic nitrogens is 2. The van der Waals surface area contributed by atoms with Crippen molar-refractivity contribution >= 4 is 0 Å². The van der Waals surface area contributed by atoms with Crippen LogP contribution in [0.5, 0.6) is 5.88 Å². The fourth-order valence-corrected chi connectivity index (χ4v) is 2.89. The normalized spacial score (nSPS) is 26.9. The van der Waals surface area contributed by atoms with Gasteiger partial charge in [0.1, 0.15) is 12.4 Å². The van der Waals surface area contributed by atoms with E-state index in [9.17, 15) is 0 Å². The van der Waals surface area contributed by atoms with E-state index in [1.54, 1.807) is 6.33 Å². The minimum Gasteiger partial charge on any atom is -0.474 e. The molecule has 1 saturated carbocycles. The van der Waals surface area contributed by atoms with Crippen LogP contribution in [0.25, 0.3) is 0 Å². The molecule has 1 aromatic heterocycles. The van der Waals surface area contributed by atoms with Gasteiger partial charge in [0.2, 0.25) is 5.88 Å². The highest BCUT2D eigenvalue weighted by molar-refractivity contribution is 5.31. The molecule has 98 valence electrons. The summed E-state index contributed by atoms with van der Waals surface area (Å²) in [6.07, 6.45) is 10.0. The zero-order valence-electron chi connectivity index (χ0n) is 10.8. The molecule has 1 heterocycles. The number of aryl methyl sites for hydroxylation is 1. The lowest BCUT2D eigenvalue weighted by atomic mass is 9.82. The van der Waals surface area contributed by atoms with Gasteiger partial charge >= 0.3 is 0 Å². The first-order valence-corrected chi connectivity index (χ1v) is 7.06. The topological polar surface area (TPSA) is 61.0 Å². The van der Waals surface area contributed by atoms with Crippen molar-refractivity contribution in [2.45, 2.75) is 51.0 Å². The van der Waals surface area contributed by atoms with Crippen LogP contribution in [0.1, 0.15) is 43.4 Å². The Morgan fingerprint density at radius 2 is 2.00 bits per heavy atom. The van der Waals surface area contributed by atoms with E-state index < -0.39 is 0 Å². The molecule has 0 atom stereocenters. The maximum atomic E-state index is 6.03. The third-order valence-corrected chi connectivity index (χ3v) is 4.14. The Morgan fingerprint density at radius 3 is 2.83 bits per heavy atom. The van der Waals surface area contributed by atoms with Gasteiger partial charge < -0.3 is 10.5 Å². The molecule has 2 aliphatic carbocycles. The summed E-state index contributed by atoms with van der Waals surface area (Å²) in [5.74, 6) is 1.48. The molecule has 4 nitrogen and oxygen atoms in total. The van der Waals surface area contributed by atoms with E-state index in [4.69, 9.17) is 10.5 Å². The standard InChI is InChI=1S/C14H21N3O/c15-8-10-6-11(7-10)18-14-12-4-2-1-3-5-13(12)16-9-17-14/h9-11H,1-8,15H2. The van der Waals surface area contributed by atoms with Gasteiger partial charge in [0, 0.05) is 5.56 Å². The van der Waals surface area contributed by atoms with E-state index in [0.717, 1.165) is 38.1 Å². The zero-order chi connectivity index (χ0) is 12.4. The fourth-order valence-electron chi connectivity index (χ4n) is 2.89. The Hall–Kier alpha value is -1.16. The Labute approximate surface area is 108 Å². The molecule has 0 bridgehead atoms. The van der Waals surface area contributed by atoms with Gasteiger partial charge in [-0.2, -0.15) is 0 Å². The molecule has 0 aromatic carbocycles. The zero-order valence-corrected chi connectivity index (χ0v) is 10.8. The quantitative estimate of drug-likeness (QED) is 0.828. The maximum absolute atomic E-state index is 6.03. The highest BCUT2D eigenvalue weighted by Crippen LogP contribution is 2.32. The number of nitrogens with zero attached hydrogens (tertiary/aromatic N) is 2. The molecule has 0 spiro atoms. The lowest BCUT2D eigenvalue weighted by Crippen LogP contribution is -2.38. The van der Waals surface area contributed by atoms with Crippen LogP contribution in [0.4, 0.5) is 0 Å². The van der Waals surface area contributed by atoms with Crippen molar-refractivity contribution in [3.05, 3.63) is 17.6 Å². The first-order chi connectivity index (χ1) is 8.86. The summed E-state index contributed by atoms with van der Waals surface area (Å²) in [7, 11) is 0. The molecule has 0 saturated heterocycles. The Kier molecular flexibility index (Phi) is 3.46. The molecule has 3 rings (SSSR count). The van der Waals surface area contributed by atoms with Gasteiger partial charge in [-0.3, -0.25) is 0 Å². The molecule has 0 radical (unpaired) electrons. The van der Waals surface area contributed by atoms with E-state index in [1.807, 2.05) is 0 Å². The highest BCUT2D eigenvalue weighted by Gasteiger charge is 2.31. The van der Waals surface area contributed by atoms with Crippen molar-refractivity contribution in [2.75, 3.05) is 6.54 Å². The Morgan fingerprint density at radius 1 is 1.17 bits per heavy atom. The minimum absolute atomic E-state index is 0.320. The van der Waals surface area contributed by atoms with E-state index in [2.05, 4.69) is 9.97 Å². The van der Waals surface area contributed by atoms with Gasteiger partial charge in [0.05, 0.1) is 5.69 Å². The second-order valence-electron chi connectivity index (χ2n) is 5.48. The second-order valence-corrected chi connectivity index (χ2v) is 5.48. The maximum Gasteiger partial charge on any atom is 0.220 e. The lowest BCUT2D eigenvalue weighted by Gasteiger charge is -2.34. The van der Waals surface area contributed by atoms with Gasteiger partial charge in [-0.15, -0.1) is 0 Å². The largest absolute Gasteiger partial charge is 0.474 e. The summed E-state index contributed by atoms with van der Waals surface area (Å²) in [6, 6.07) is 0. The molecular formula is C14H21N3O. The average Bonchev–Trinajstić information content (AvgIpc) is 2.58. The first kappa shape index (κ1) is 11.9. The number of nitrogens with two attached hydrogens (primary N) is 1. The van der Waals surface area contributed by atoms with E-state index in [0.29, 0.717) is 12.0 Å². The van der Waals surface area contributed by atoms with Gasteiger partial charge in [-0.05, 0) is 51.0 Å². The number of hydrogen-bond donors (Lipinski definition) is 1. The van der Waals surface area contributed by atoms with Crippen LogP contribution in [0.2, 0.25) is 0 Å². The smallest absolute Gasteiger partial charge is 0.220 e. The monoisotopic (exact) mass is 247 g/mol. The summed E-state index contributed by atoms with van der Waals surface area (Å²) in [5.41, 5.74) is 8.10. The predicted octanol–water partition coefficient (Wildman–Crippen LogP) is 1.86.